The van der Waals surface area contributed by atoms with Crippen LogP contribution in [-0.4, -0.2) is 22.9 Å². The molecule has 2 N–H and O–H groups in total. The molecular weight excluding hydrogens is 176 g/mol. The molecule has 0 aromatic carbocycles. The van der Waals surface area contributed by atoms with Gasteiger partial charge in [-0.15, -0.1) is 0 Å². The van der Waals surface area contributed by atoms with Gasteiger partial charge < -0.3 is 10.2 Å². The van der Waals surface area contributed by atoms with Gasteiger partial charge in [0.2, 0.25) is 0 Å². The molecule has 0 heterocycles. The van der Waals surface area contributed by atoms with Crippen LogP contribution in [0, 0.1) is 0 Å². The second kappa shape index (κ2) is 10.7. The Kier molecular flexibility index (Phi) is 10.5. The van der Waals surface area contributed by atoms with Crippen LogP contribution in [-0.2, 0) is 0 Å². The van der Waals surface area contributed by atoms with Crippen LogP contribution in [0.15, 0.2) is 12.2 Å². The SMILES string of the molecule is CCCCCCC=CC[C@H](O)CCO. The number of aliphatic hydroxyl groups is 2. The minimum atomic E-state index is -0.369. The van der Waals surface area contributed by atoms with E-state index in [-0.39, 0.29) is 12.7 Å². The van der Waals surface area contributed by atoms with E-state index >= 15 is 0 Å². The van der Waals surface area contributed by atoms with Crippen molar-refractivity contribution in [3.05, 3.63) is 12.2 Å². The lowest BCUT2D eigenvalue weighted by Gasteiger charge is -2.03. The first-order chi connectivity index (χ1) is 6.81. The van der Waals surface area contributed by atoms with Gasteiger partial charge in [0, 0.05) is 6.61 Å². The van der Waals surface area contributed by atoms with Crippen LogP contribution in [0.5, 0.6) is 0 Å². The van der Waals surface area contributed by atoms with Crippen LogP contribution in [0.1, 0.15) is 51.9 Å². The Labute approximate surface area is 87.7 Å². The third-order valence-corrected chi connectivity index (χ3v) is 2.26. The Morgan fingerprint density at radius 3 is 2.57 bits per heavy atom. The van der Waals surface area contributed by atoms with E-state index in [2.05, 4.69) is 13.0 Å². The fourth-order valence-electron chi connectivity index (χ4n) is 1.33. The first-order valence-electron chi connectivity index (χ1n) is 5.75. The zero-order chi connectivity index (χ0) is 10.6. The van der Waals surface area contributed by atoms with E-state index in [1.807, 2.05) is 6.08 Å². The monoisotopic (exact) mass is 200 g/mol. The standard InChI is InChI=1S/C12H24O2/c1-2-3-4-5-6-7-8-9-12(14)10-11-13/h7-8,12-14H,2-6,9-11H2,1H3/t12-/m0/s1. The molecule has 0 rings (SSSR count). The lowest BCUT2D eigenvalue weighted by molar-refractivity contribution is 0.135. The van der Waals surface area contributed by atoms with Crippen LogP contribution >= 0.6 is 0 Å². The molecule has 2 heteroatoms. The van der Waals surface area contributed by atoms with Crippen molar-refractivity contribution in [1.82, 2.24) is 0 Å². The molecule has 0 aliphatic heterocycles. The van der Waals surface area contributed by atoms with E-state index < -0.39 is 0 Å². The van der Waals surface area contributed by atoms with Gasteiger partial charge in [-0.3, -0.25) is 0 Å². The summed E-state index contributed by atoms with van der Waals surface area (Å²) in [6.45, 7) is 2.28. The van der Waals surface area contributed by atoms with Gasteiger partial charge in [0.15, 0.2) is 0 Å². The normalized spacial score (nSPS) is 13.6. The lowest BCUT2D eigenvalue weighted by Crippen LogP contribution is -2.06. The average molecular weight is 200 g/mol. The summed E-state index contributed by atoms with van der Waals surface area (Å²) in [6.07, 6.45) is 11.2. The van der Waals surface area contributed by atoms with Crippen molar-refractivity contribution in [1.29, 1.82) is 0 Å². The van der Waals surface area contributed by atoms with Gasteiger partial charge in [-0.05, 0) is 25.7 Å². The summed E-state index contributed by atoms with van der Waals surface area (Å²) in [5.74, 6) is 0. The maximum atomic E-state index is 9.28. The van der Waals surface area contributed by atoms with Crippen LogP contribution in [0.25, 0.3) is 0 Å². The zero-order valence-electron chi connectivity index (χ0n) is 9.28. The molecule has 1 atom stereocenters. The highest BCUT2D eigenvalue weighted by molar-refractivity contribution is 4.83. The Bertz CT molecular complexity index is 132. The van der Waals surface area contributed by atoms with E-state index in [9.17, 15) is 5.11 Å². The van der Waals surface area contributed by atoms with Crippen molar-refractivity contribution in [3.8, 4) is 0 Å². The molecule has 0 aromatic heterocycles. The Hall–Kier alpha value is -0.340. The summed E-state index contributed by atoms with van der Waals surface area (Å²) in [7, 11) is 0. The molecule has 0 amide bonds. The summed E-state index contributed by atoms with van der Waals surface area (Å²) in [5.41, 5.74) is 0. The second-order valence-corrected chi connectivity index (χ2v) is 3.72. The van der Waals surface area contributed by atoms with E-state index in [0.717, 1.165) is 6.42 Å². The van der Waals surface area contributed by atoms with Gasteiger partial charge in [0.1, 0.15) is 0 Å². The Morgan fingerprint density at radius 2 is 1.93 bits per heavy atom. The summed E-state index contributed by atoms with van der Waals surface area (Å²) >= 11 is 0. The molecule has 0 fully saturated rings. The van der Waals surface area contributed by atoms with Gasteiger partial charge in [-0.25, -0.2) is 0 Å². The number of hydrogen-bond acceptors (Lipinski definition) is 2. The zero-order valence-corrected chi connectivity index (χ0v) is 9.28. The van der Waals surface area contributed by atoms with Crippen molar-refractivity contribution >= 4 is 0 Å². The van der Waals surface area contributed by atoms with E-state index in [1.165, 1.54) is 25.7 Å². The highest BCUT2D eigenvalue weighted by Crippen LogP contribution is 2.04. The first kappa shape index (κ1) is 13.7. The maximum Gasteiger partial charge on any atom is 0.0596 e. The summed E-state index contributed by atoms with van der Waals surface area (Å²) in [5, 5.41) is 17.8. The van der Waals surface area contributed by atoms with Crippen LogP contribution in [0.4, 0.5) is 0 Å². The van der Waals surface area contributed by atoms with Crippen molar-refractivity contribution in [3.63, 3.8) is 0 Å². The lowest BCUT2D eigenvalue weighted by atomic mass is 10.1. The number of aliphatic hydroxyl groups excluding tert-OH is 2. The molecule has 14 heavy (non-hydrogen) atoms. The maximum absolute atomic E-state index is 9.28. The van der Waals surface area contributed by atoms with Crippen LogP contribution < -0.4 is 0 Å². The van der Waals surface area contributed by atoms with Gasteiger partial charge in [0.05, 0.1) is 6.10 Å². The molecule has 0 radical (unpaired) electrons. The van der Waals surface area contributed by atoms with E-state index in [0.29, 0.717) is 12.8 Å². The predicted octanol–water partition coefficient (Wildman–Crippen LogP) is 2.65. The fourth-order valence-corrected chi connectivity index (χ4v) is 1.33. The third-order valence-electron chi connectivity index (χ3n) is 2.26. The molecule has 2 nitrogen and oxygen atoms in total. The molecule has 0 saturated heterocycles. The van der Waals surface area contributed by atoms with Crippen molar-refractivity contribution in [2.45, 2.75) is 58.0 Å². The van der Waals surface area contributed by atoms with Gasteiger partial charge in [0.25, 0.3) is 0 Å². The number of unbranched alkanes of at least 4 members (excludes halogenated alkanes) is 4. The average Bonchev–Trinajstić information content (AvgIpc) is 2.17. The minimum Gasteiger partial charge on any atom is -0.396 e. The molecule has 0 aliphatic rings. The summed E-state index contributed by atoms with van der Waals surface area (Å²) < 4.78 is 0. The topological polar surface area (TPSA) is 40.5 Å². The van der Waals surface area contributed by atoms with E-state index in [4.69, 9.17) is 5.11 Å². The van der Waals surface area contributed by atoms with Crippen LogP contribution in [0.3, 0.4) is 0 Å². The number of allylic oxidation sites excluding steroid dienone is 1. The van der Waals surface area contributed by atoms with E-state index in [1.54, 1.807) is 0 Å². The molecule has 0 saturated carbocycles. The minimum absolute atomic E-state index is 0.0749. The first-order valence-corrected chi connectivity index (χ1v) is 5.75. The van der Waals surface area contributed by atoms with Gasteiger partial charge >= 0.3 is 0 Å². The van der Waals surface area contributed by atoms with Crippen LogP contribution in [0.2, 0.25) is 0 Å². The highest BCUT2D eigenvalue weighted by atomic mass is 16.3. The Balaban J connectivity index is 3.18. The predicted molar refractivity (Wildman–Crippen MR) is 60.2 cm³/mol. The number of hydrogen-bond donors (Lipinski definition) is 2. The van der Waals surface area contributed by atoms with Crippen molar-refractivity contribution in [2.24, 2.45) is 0 Å². The van der Waals surface area contributed by atoms with Crippen molar-refractivity contribution < 1.29 is 10.2 Å². The molecule has 0 unspecified atom stereocenters. The molecule has 0 spiro atoms. The molecule has 0 bridgehead atoms. The molecule has 84 valence electrons. The molecule has 0 aliphatic carbocycles. The number of rotatable bonds is 9. The van der Waals surface area contributed by atoms with Crippen molar-refractivity contribution in [2.75, 3.05) is 6.61 Å². The quantitative estimate of drug-likeness (QED) is 0.444. The Morgan fingerprint density at radius 1 is 1.14 bits per heavy atom. The largest absolute Gasteiger partial charge is 0.396 e. The molecule has 0 aromatic rings. The fraction of sp³-hybridized carbons (Fsp3) is 0.833. The highest BCUT2D eigenvalue weighted by Gasteiger charge is 1.98. The second-order valence-electron chi connectivity index (χ2n) is 3.72. The molecular formula is C12H24O2. The van der Waals surface area contributed by atoms with Gasteiger partial charge in [-0.1, -0.05) is 38.3 Å². The summed E-state index contributed by atoms with van der Waals surface area (Å²) in [6, 6.07) is 0. The smallest absolute Gasteiger partial charge is 0.0596 e. The van der Waals surface area contributed by atoms with Gasteiger partial charge in [-0.2, -0.15) is 0 Å². The summed E-state index contributed by atoms with van der Waals surface area (Å²) in [4.78, 5) is 0. The third kappa shape index (κ3) is 9.75.